The van der Waals surface area contributed by atoms with Gasteiger partial charge in [0.05, 0.1) is 16.8 Å². The largest absolute Gasteiger partial charge is 0.309 e. The van der Waals surface area contributed by atoms with Crippen molar-refractivity contribution in [3.8, 4) is 40.5 Å². The Morgan fingerprint density at radius 3 is 1.96 bits per heavy atom. The number of allylic oxidation sites excluding steroid dienone is 7. The van der Waals surface area contributed by atoms with Gasteiger partial charge in [0.15, 0.2) is 0 Å². The molecule has 0 saturated heterocycles. The van der Waals surface area contributed by atoms with E-state index < -0.39 is 0 Å². The Morgan fingerprint density at radius 1 is 0.500 bits per heavy atom. The number of aromatic nitrogens is 1. The fourth-order valence-electron chi connectivity index (χ4n) is 7.86. The van der Waals surface area contributed by atoms with Crippen LogP contribution < -0.4 is 0 Å². The Bertz CT molecular complexity index is 2990. The highest BCUT2D eigenvalue weighted by Crippen LogP contribution is 2.38. The highest BCUT2D eigenvalue weighted by Gasteiger charge is 2.17. The van der Waals surface area contributed by atoms with Gasteiger partial charge < -0.3 is 4.57 Å². The lowest BCUT2D eigenvalue weighted by atomic mass is 9.91. The average molecular weight is 658 g/mol. The number of para-hydroxylation sites is 1. The molecule has 0 radical (unpaired) electrons. The highest BCUT2D eigenvalue weighted by atomic mass is 15.0. The first kappa shape index (κ1) is 29.8. The summed E-state index contributed by atoms with van der Waals surface area (Å²) in [6.45, 7) is 0. The summed E-state index contributed by atoms with van der Waals surface area (Å²) in [7, 11) is 0. The lowest BCUT2D eigenvalue weighted by Crippen LogP contribution is -1.98. The quantitative estimate of drug-likeness (QED) is 0.131. The van der Waals surface area contributed by atoms with Crippen molar-refractivity contribution in [2.75, 3.05) is 0 Å². The summed E-state index contributed by atoms with van der Waals surface area (Å²) in [6.07, 6.45) is 13.4. The maximum absolute atomic E-state index is 3.46. The highest BCUT2D eigenvalue weighted by molar-refractivity contribution is 6.25. The van der Waals surface area contributed by atoms with Gasteiger partial charge >= 0.3 is 0 Å². The molecule has 7 aromatic carbocycles. The van der Waals surface area contributed by atoms with E-state index in [0.29, 0.717) is 6.42 Å². The minimum atomic E-state index is 0.714. The molecule has 0 spiro atoms. The van der Waals surface area contributed by atoms with Crippen LogP contribution in [-0.2, 0) is 0 Å². The van der Waals surface area contributed by atoms with E-state index in [1.54, 1.807) is 0 Å². The molecule has 0 atom stereocenters. The zero-order valence-corrected chi connectivity index (χ0v) is 28.4. The molecule has 0 unspecified atom stereocenters. The van der Waals surface area contributed by atoms with Crippen LogP contribution in [0.2, 0.25) is 0 Å². The van der Waals surface area contributed by atoms with E-state index in [4.69, 9.17) is 0 Å². The van der Waals surface area contributed by atoms with Gasteiger partial charge in [-0.25, -0.2) is 0 Å². The minimum absolute atomic E-state index is 0.714. The third-order valence-electron chi connectivity index (χ3n) is 10.3. The molecule has 0 saturated carbocycles. The molecule has 0 aliphatic heterocycles. The van der Waals surface area contributed by atoms with Crippen molar-refractivity contribution in [2.24, 2.45) is 0 Å². The van der Waals surface area contributed by atoms with Crippen LogP contribution in [0.15, 0.2) is 170 Å². The maximum Gasteiger partial charge on any atom is 0.0625 e. The molecule has 1 heteroatoms. The second-order valence-electron chi connectivity index (χ2n) is 13.3. The molecular formula is C51H31N. The van der Waals surface area contributed by atoms with Crippen molar-refractivity contribution in [2.45, 2.75) is 6.42 Å². The molecular weight excluding hydrogens is 627 g/mol. The predicted octanol–water partition coefficient (Wildman–Crippen LogP) is 12.6. The zero-order chi connectivity index (χ0) is 34.4. The van der Waals surface area contributed by atoms with Crippen molar-refractivity contribution < 1.29 is 0 Å². The second-order valence-corrected chi connectivity index (χ2v) is 13.3. The number of hydrogen-bond acceptors (Lipinski definition) is 0. The molecule has 0 N–H and O–H groups in total. The third-order valence-corrected chi connectivity index (χ3v) is 10.3. The first-order valence-corrected chi connectivity index (χ1v) is 17.7. The van der Waals surface area contributed by atoms with E-state index in [-0.39, 0.29) is 0 Å². The molecule has 1 nitrogen and oxygen atoms in total. The number of hydrogen-bond donors (Lipinski definition) is 0. The minimum Gasteiger partial charge on any atom is -0.309 e. The summed E-state index contributed by atoms with van der Waals surface area (Å²) in [6, 6.07) is 50.6. The van der Waals surface area contributed by atoms with Crippen LogP contribution in [-0.4, -0.2) is 4.57 Å². The summed E-state index contributed by atoms with van der Waals surface area (Å²) in [5.74, 6) is 13.4. The van der Waals surface area contributed by atoms with Crippen molar-refractivity contribution in [3.63, 3.8) is 0 Å². The Kier molecular flexibility index (Phi) is 7.09. The van der Waals surface area contributed by atoms with Crippen LogP contribution in [0.3, 0.4) is 0 Å². The monoisotopic (exact) mass is 657 g/mol. The molecule has 0 bridgehead atoms. The summed E-state index contributed by atoms with van der Waals surface area (Å²) in [5, 5.41) is 8.88. The van der Waals surface area contributed by atoms with Crippen LogP contribution >= 0.6 is 0 Å². The molecule has 10 rings (SSSR count). The van der Waals surface area contributed by atoms with Crippen LogP contribution in [0.4, 0.5) is 0 Å². The molecule has 2 aliphatic rings. The van der Waals surface area contributed by atoms with Crippen molar-refractivity contribution in [3.05, 3.63) is 192 Å². The van der Waals surface area contributed by atoms with Crippen molar-refractivity contribution >= 4 is 60.4 Å². The van der Waals surface area contributed by atoms with Gasteiger partial charge in [0.25, 0.3) is 0 Å². The summed E-state index contributed by atoms with van der Waals surface area (Å²) < 4.78 is 2.32. The van der Waals surface area contributed by atoms with Crippen molar-refractivity contribution in [1.82, 2.24) is 4.57 Å². The van der Waals surface area contributed by atoms with E-state index in [1.165, 1.54) is 43.5 Å². The van der Waals surface area contributed by atoms with Gasteiger partial charge in [0, 0.05) is 23.1 Å². The zero-order valence-electron chi connectivity index (χ0n) is 28.4. The number of rotatable bonds is 4. The van der Waals surface area contributed by atoms with Gasteiger partial charge in [0.1, 0.15) is 0 Å². The van der Waals surface area contributed by atoms with E-state index in [0.717, 1.165) is 50.1 Å². The number of benzene rings is 7. The summed E-state index contributed by atoms with van der Waals surface area (Å²) in [4.78, 5) is 0. The summed E-state index contributed by atoms with van der Waals surface area (Å²) in [5.41, 5.74) is 11.3. The van der Waals surface area contributed by atoms with Gasteiger partial charge in [-0.2, -0.15) is 0 Å². The fraction of sp³-hybridized carbons (Fsp3) is 0.0196. The fourth-order valence-corrected chi connectivity index (χ4v) is 7.86. The Labute approximate surface area is 303 Å². The molecule has 0 amide bonds. The molecule has 2 aliphatic carbocycles. The SMILES string of the molecule is C1#Cc2c(n(-c3cccc(-c4ccc(C5=CC(c6ccc7c8ccccc8c8ccccc8c7c6)=CCC#C5)cc4)c3)c3ccccc23)/C=C\C=C\1. The molecule has 1 aromatic heterocycles. The van der Waals surface area contributed by atoms with Crippen molar-refractivity contribution in [1.29, 1.82) is 0 Å². The van der Waals surface area contributed by atoms with Crippen LogP contribution in [0.5, 0.6) is 0 Å². The Hall–Kier alpha value is -7.06. The molecule has 240 valence electrons. The van der Waals surface area contributed by atoms with Gasteiger partial charge in [-0.15, -0.1) is 0 Å². The van der Waals surface area contributed by atoms with Crippen LogP contribution in [0.25, 0.3) is 77.3 Å². The van der Waals surface area contributed by atoms with E-state index in [9.17, 15) is 0 Å². The molecule has 8 aromatic rings. The van der Waals surface area contributed by atoms with E-state index >= 15 is 0 Å². The van der Waals surface area contributed by atoms with E-state index in [2.05, 4.69) is 192 Å². The topological polar surface area (TPSA) is 4.93 Å². The second kappa shape index (κ2) is 12.4. The third kappa shape index (κ3) is 5.00. The summed E-state index contributed by atoms with van der Waals surface area (Å²) >= 11 is 0. The number of fused-ring (bicyclic) bond motifs is 9. The molecule has 52 heavy (non-hydrogen) atoms. The smallest absolute Gasteiger partial charge is 0.0625 e. The lowest BCUT2D eigenvalue weighted by Gasteiger charge is -2.13. The molecule has 0 fully saturated rings. The number of nitrogens with zero attached hydrogens (tertiary/aromatic N) is 1. The standard InChI is InChI=1S/C51H31N/c1-2-4-24-50-47(22-3-1)48-23-11-12-25-51(48)52(50)41-17-13-16-39(33-41)36-28-26-35(27-29-36)37-14-5-6-15-38(32-37)40-30-31-46-44-20-8-7-18-42(44)43-19-9-10-21-45(43)49(46)34-40/h1-2,4,7-13,15-21,23-34H,6H2/b2-1+,4-2?,24-4-,50-24?. The lowest BCUT2D eigenvalue weighted by molar-refractivity contribution is 1.10. The Balaban J connectivity index is 1.01. The van der Waals surface area contributed by atoms with Crippen LogP contribution in [0, 0.1) is 23.7 Å². The predicted molar refractivity (Wildman–Crippen MR) is 221 cm³/mol. The first-order chi connectivity index (χ1) is 25.8. The van der Waals surface area contributed by atoms with E-state index in [1.807, 2.05) is 12.2 Å². The Morgan fingerprint density at radius 2 is 1.17 bits per heavy atom. The van der Waals surface area contributed by atoms with Gasteiger partial charge in [-0.3, -0.25) is 0 Å². The normalized spacial score (nSPS) is 14.6. The van der Waals surface area contributed by atoms with Crippen LogP contribution in [0.1, 0.15) is 28.8 Å². The first-order valence-electron chi connectivity index (χ1n) is 17.7. The van der Waals surface area contributed by atoms with Gasteiger partial charge in [0.2, 0.25) is 0 Å². The molecule has 1 heterocycles. The van der Waals surface area contributed by atoms with Gasteiger partial charge in [-0.1, -0.05) is 157 Å². The van der Waals surface area contributed by atoms with Gasteiger partial charge in [-0.05, 0) is 103 Å². The average Bonchev–Trinajstić information content (AvgIpc) is 3.31. The maximum atomic E-state index is 3.46.